The predicted octanol–water partition coefficient (Wildman–Crippen LogP) is 1.05. The third-order valence-corrected chi connectivity index (χ3v) is 7.25. The van der Waals surface area contributed by atoms with Crippen LogP contribution in [0.4, 0.5) is 5.69 Å². The van der Waals surface area contributed by atoms with E-state index in [1.54, 1.807) is 24.3 Å². The summed E-state index contributed by atoms with van der Waals surface area (Å²) in [5.41, 5.74) is 0.526. The van der Waals surface area contributed by atoms with Gasteiger partial charge in [-0.15, -0.1) is 0 Å². The quantitative estimate of drug-likeness (QED) is 0.569. The summed E-state index contributed by atoms with van der Waals surface area (Å²) in [6.45, 7) is 1.03. The number of sulfonamides is 1. The molecular weight excluding hydrogens is 452 g/mol. The van der Waals surface area contributed by atoms with E-state index in [4.69, 9.17) is 18.9 Å². The molecule has 4 rings (SSSR count). The second-order valence-electron chi connectivity index (χ2n) is 7.38. The summed E-state index contributed by atoms with van der Waals surface area (Å²) in [5, 5.41) is 0. The molecule has 176 valence electrons. The number of hydrogen-bond acceptors (Lipinski definition) is 8. The first kappa shape index (κ1) is 23.0. The van der Waals surface area contributed by atoms with Crippen LogP contribution in [0.1, 0.15) is 0 Å². The highest BCUT2D eigenvalue weighted by atomic mass is 32.2. The Morgan fingerprint density at radius 1 is 1.06 bits per heavy atom. The highest BCUT2D eigenvalue weighted by molar-refractivity contribution is 7.89. The van der Waals surface area contributed by atoms with E-state index in [2.05, 4.69) is 0 Å². The highest BCUT2D eigenvalue weighted by Gasteiger charge is 2.34. The Balaban J connectivity index is 1.42. The molecule has 2 aromatic carbocycles. The fourth-order valence-electron chi connectivity index (χ4n) is 3.59. The van der Waals surface area contributed by atoms with Gasteiger partial charge in [0.15, 0.2) is 6.61 Å². The maximum Gasteiger partial charge on any atom is 0.348 e. The summed E-state index contributed by atoms with van der Waals surface area (Å²) in [4.78, 5) is 26.4. The fourth-order valence-corrected chi connectivity index (χ4v) is 5.00. The van der Waals surface area contributed by atoms with Crippen molar-refractivity contribution in [1.29, 1.82) is 0 Å². The molecule has 2 aromatic rings. The zero-order valence-electron chi connectivity index (χ0n) is 18.0. The van der Waals surface area contributed by atoms with Gasteiger partial charge in [0.2, 0.25) is 16.1 Å². The summed E-state index contributed by atoms with van der Waals surface area (Å²) >= 11 is 0. The Morgan fingerprint density at radius 3 is 2.45 bits per heavy atom. The first-order valence-corrected chi connectivity index (χ1v) is 11.8. The normalized spacial score (nSPS) is 18.7. The third-order valence-electron chi connectivity index (χ3n) is 5.33. The summed E-state index contributed by atoms with van der Waals surface area (Å²) in [5.74, 6) is -0.231. The van der Waals surface area contributed by atoms with Crippen molar-refractivity contribution < 1.29 is 37.0 Å². The number of nitrogens with zero attached hydrogens (tertiary/aromatic N) is 2. The number of anilines is 1. The van der Waals surface area contributed by atoms with E-state index in [1.165, 1.54) is 40.6 Å². The molecule has 33 heavy (non-hydrogen) atoms. The van der Waals surface area contributed by atoms with Gasteiger partial charge in [-0.1, -0.05) is 12.1 Å². The van der Waals surface area contributed by atoms with Crippen molar-refractivity contribution in [3.05, 3.63) is 48.5 Å². The van der Waals surface area contributed by atoms with Gasteiger partial charge in [0.1, 0.15) is 11.5 Å². The van der Waals surface area contributed by atoms with Crippen LogP contribution in [0.15, 0.2) is 53.4 Å². The molecule has 0 unspecified atom stereocenters. The van der Waals surface area contributed by atoms with Gasteiger partial charge in [-0.2, -0.15) is 4.31 Å². The fraction of sp³-hybridized carbons (Fsp3) is 0.364. The van der Waals surface area contributed by atoms with Gasteiger partial charge >= 0.3 is 5.97 Å². The van der Waals surface area contributed by atoms with Gasteiger partial charge in [0.25, 0.3) is 5.91 Å². The lowest BCUT2D eigenvalue weighted by molar-refractivity contribution is -0.148. The van der Waals surface area contributed by atoms with Crippen molar-refractivity contribution in [2.24, 2.45) is 0 Å². The molecule has 1 fully saturated rings. The van der Waals surface area contributed by atoms with E-state index in [9.17, 15) is 18.0 Å². The van der Waals surface area contributed by atoms with Crippen LogP contribution in [0.25, 0.3) is 0 Å². The zero-order valence-corrected chi connectivity index (χ0v) is 18.8. The number of rotatable bonds is 6. The number of benzene rings is 2. The number of fused-ring (bicyclic) bond motifs is 1. The van der Waals surface area contributed by atoms with Crippen LogP contribution in [0.2, 0.25) is 0 Å². The van der Waals surface area contributed by atoms with Crippen LogP contribution in [0, 0.1) is 0 Å². The van der Waals surface area contributed by atoms with Crippen molar-refractivity contribution in [3.8, 4) is 11.5 Å². The minimum Gasteiger partial charge on any atom is -0.484 e. The third kappa shape index (κ3) is 4.95. The highest BCUT2D eigenvalue weighted by Crippen LogP contribution is 2.33. The first-order valence-electron chi connectivity index (χ1n) is 10.3. The smallest absolute Gasteiger partial charge is 0.348 e. The van der Waals surface area contributed by atoms with Crippen LogP contribution in [0.3, 0.4) is 0 Å². The van der Waals surface area contributed by atoms with Crippen LogP contribution < -0.4 is 14.4 Å². The van der Waals surface area contributed by atoms with Gasteiger partial charge in [-0.3, -0.25) is 4.79 Å². The maximum atomic E-state index is 12.9. The Hall–Kier alpha value is -3.15. The van der Waals surface area contributed by atoms with Crippen LogP contribution in [-0.4, -0.2) is 77.3 Å². The van der Waals surface area contributed by atoms with Crippen molar-refractivity contribution in [2.75, 3.05) is 51.5 Å². The summed E-state index contributed by atoms with van der Waals surface area (Å²) in [6, 6.07) is 12.8. The predicted molar refractivity (Wildman–Crippen MR) is 117 cm³/mol. The lowest BCUT2D eigenvalue weighted by Crippen LogP contribution is -2.48. The number of morpholine rings is 1. The lowest BCUT2D eigenvalue weighted by Gasteiger charge is -2.33. The van der Waals surface area contributed by atoms with Crippen molar-refractivity contribution in [1.82, 2.24) is 4.31 Å². The maximum absolute atomic E-state index is 12.9. The van der Waals surface area contributed by atoms with Crippen molar-refractivity contribution >= 4 is 27.6 Å². The van der Waals surface area contributed by atoms with Crippen LogP contribution in [-0.2, 0) is 29.1 Å². The SMILES string of the molecule is COC(=O)[C@H]1CN(C(=O)COc2ccc(S(=O)(=O)N3CCOCC3)cc2)c2ccccc2O1. The Morgan fingerprint density at radius 2 is 1.76 bits per heavy atom. The molecule has 2 aliphatic heterocycles. The number of ether oxygens (including phenoxy) is 4. The number of hydrogen-bond donors (Lipinski definition) is 0. The summed E-state index contributed by atoms with van der Waals surface area (Å²) in [6.07, 6.45) is -0.946. The number of carbonyl (C=O) groups is 2. The Kier molecular flexibility index (Phi) is 6.82. The molecule has 2 heterocycles. The Bertz CT molecular complexity index is 1110. The molecule has 0 saturated carbocycles. The van der Waals surface area contributed by atoms with E-state index in [0.717, 1.165) is 0 Å². The average Bonchev–Trinajstić information content (AvgIpc) is 2.86. The van der Waals surface area contributed by atoms with Gasteiger partial charge < -0.3 is 23.8 Å². The van der Waals surface area contributed by atoms with Gasteiger partial charge in [-0.25, -0.2) is 13.2 Å². The summed E-state index contributed by atoms with van der Waals surface area (Å²) in [7, 11) is -2.36. The number of methoxy groups -OCH3 is 1. The molecule has 1 atom stereocenters. The topological polar surface area (TPSA) is 112 Å². The second-order valence-corrected chi connectivity index (χ2v) is 9.32. The number of esters is 1. The number of amides is 1. The molecule has 1 saturated heterocycles. The molecular formula is C22H24N2O8S. The van der Waals surface area contributed by atoms with Crippen molar-refractivity contribution in [2.45, 2.75) is 11.0 Å². The standard InChI is InChI=1S/C22H24N2O8S/c1-29-22(26)20-14-24(18-4-2-3-5-19(18)32-20)21(25)15-31-16-6-8-17(9-7-16)33(27,28)23-10-12-30-13-11-23/h2-9,20H,10-15H2,1H3/t20-/m1/s1. The molecule has 0 N–H and O–H groups in total. The molecule has 2 aliphatic rings. The van der Waals surface area contributed by atoms with Gasteiger partial charge in [0, 0.05) is 13.1 Å². The second kappa shape index (κ2) is 9.77. The van der Waals surface area contributed by atoms with E-state index < -0.39 is 22.1 Å². The van der Waals surface area contributed by atoms with Crippen LogP contribution in [0.5, 0.6) is 11.5 Å². The van der Waals surface area contributed by atoms with Crippen LogP contribution >= 0.6 is 0 Å². The molecule has 0 aromatic heterocycles. The average molecular weight is 477 g/mol. The van der Waals surface area contributed by atoms with E-state index in [-0.39, 0.29) is 24.0 Å². The Labute approximate surface area is 191 Å². The van der Waals surface area contributed by atoms with Crippen molar-refractivity contribution in [3.63, 3.8) is 0 Å². The molecule has 0 aliphatic carbocycles. The van der Waals surface area contributed by atoms with Gasteiger partial charge in [0.05, 0.1) is 37.5 Å². The molecule has 11 heteroatoms. The van der Waals surface area contributed by atoms with E-state index in [0.29, 0.717) is 43.5 Å². The molecule has 1 amide bonds. The largest absolute Gasteiger partial charge is 0.484 e. The van der Waals surface area contributed by atoms with E-state index in [1.807, 2.05) is 0 Å². The molecule has 10 nitrogen and oxygen atoms in total. The minimum atomic E-state index is -3.61. The summed E-state index contributed by atoms with van der Waals surface area (Å²) < 4.78 is 48.0. The number of carbonyl (C=O) groups excluding carboxylic acids is 2. The zero-order chi connectivity index (χ0) is 23.4. The minimum absolute atomic E-state index is 0.0113. The first-order chi connectivity index (χ1) is 15.9. The number of para-hydroxylation sites is 2. The molecule has 0 spiro atoms. The molecule has 0 bridgehead atoms. The van der Waals surface area contributed by atoms with Gasteiger partial charge in [-0.05, 0) is 36.4 Å². The monoisotopic (exact) mass is 476 g/mol. The van der Waals surface area contributed by atoms with E-state index >= 15 is 0 Å². The molecule has 0 radical (unpaired) electrons. The lowest BCUT2D eigenvalue weighted by atomic mass is 10.2.